The molecule has 0 amide bonds. The number of guanidine groups is 1. The zero-order valence-corrected chi connectivity index (χ0v) is 6.14. The highest BCUT2D eigenvalue weighted by molar-refractivity contribution is 7.09. The molecule has 5 heteroatoms. The lowest BCUT2D eigenvalue weighted by atomic mass is 10.6. The number of rotatable bonds is 2. The highest BCUT2D eigenvalue weighted by atomic mass is 32.1. The van der Waals surface area contributed by atoms with E-state index in [-0.39, 0.29) is 5.96 Å². The minimum absolute atomic E-state index is 0.119. The Hall–Kier alpha value is -1.10. The molecule has 0 fully saturated rings. The van der Waals surface area contributed by atoms with Gasteiger partial charge in [0.05, 0.1) is 12.1 Å². The van der Waals surface area contributed by atoms with Crippen LogP contribution >= 0.6 is 11.3 Å². The Balaban J connectivity index is 2.49. The summed E-state index contributed by atoms with van der Waals surface area (Å²) in [5.41, 5.74) is 12.0. The van der Waals surface area contributed by atoms with Crippen molar-refractivity contribution in [3.8, 4) is 0 Å². The van der Waals surface area contributed by atoms with Gasteiger partial charge in [-0.15, -0.1) is 11.3 Å². The molecule has 0 unspecified atom stereocenters. The summed E-state index contributed by atoms with van der Waals surface area (Å²) in [6.07, 6.45) is 1.75. The molecule has 1 aromatic heterocycles. The summed E-state index contributed by atoms with van der Waals surface area (Å²) in [6.45, 7) is 0.535. The smallest absolute Gasteiger partial charge is 0.186 e. The molecule has 4 N–H and O–H groups in total. The standard InChI is InChI=1S/C5H8N4S/c6-5(7)9-2-4-1-8-3-10-4/h1,3H,2H2,(H4,6,7,9). The van der Waals surface area contributed by atoms with Gasteiger partial charge in [-0.25, -0.2) is 4.99 Å². The van der Waals surface area contributed by atoms with Crippen molar-refractivity contribution in [3.63, 3.8) is 0 Å². The van der Waals surface area contributed by atoms with Crippen molar-refractivity contribution in [3.05, 3.63) is 16.6 Å². The fourth-order valence-corrected chi connectivity index (χ4v) is 1.01. The molecule has 10 heavy (non-hydrogen) atoms. The van der Waals surface area contributed by atoms with Gasteiger partial charge in [0, 0.05) is 11.1 Å². The first-order valence-corrected chi connectivity index (χ1v) is 3.60. The number of nitrogens with zero attached hydrogens (tertiary/aromatic N) is 2. The van der Waals surface area contributed by atoms with E-state index in [2.05, 4.69) is 9.98 Å². The zero-order chi connectivity index (χ0) is 7.40. The number of hydrogen-bond acceptors (Lipinski definition) is 3. The van der Waals surface area contributed by atoms with Crippen molar-refractivity contribution in [2.24, 2.45) is 16.5 Å². The van der Waals surface area contributed by atoms with Crippen LogP contribution in [-0.2, 0) is 6.54 Å². The van der Waals surface area contributed by atoms with E-state index in [1.165, 1.54) is 11.3 Å². The Bertz CT molecular complexity index is 212. The van der Waals surface area contributed by atoms with E-state index in [1.807, 2.05) is 0 Å². The third-order valence-electron chi connectivity index (χ3n) is 0.901. The molecular formula is C5H8N4S. The van der Waals surface area contributed by atoms with Gasteiger partial charge in [-0.3, -0.25) is 4.98 Å². The number of hydrogen-bond donors (Lipinski definition) is 2. The van der Waals surface area contributed by atoms with Crippen LogP contribution in [0.1, 0.15) is 4.88 Å². The average molecular weight is 156 g/mol. The summed E-state index contributed by atoms with van der Waals surface area (Å²) in [6, 6.07) is 0. The normalized spacial score (nSPS) is 9.20. The molecule has 0 atom stereocenters. The van der Waals surface area contributed by atoms with Crippen LogP contribution in [0.3, 0.4) is 0 Å². The van der Waals surface area contributed by atoms with Gasteiger partial charge in [-0.2, -0.15) is 0 Å². The van der Waals surface area contributed by atoms with E-state index in [4.69, 9.17) is 11.5 Å². The number of aromatic nitrogens is 1. The van der Waals surface area contributed by atoms with Crippen molar-refractivity contribution in [1.29, 1.82) is 0 Å². The third-order valence-corrected chi connectivity index (χ3v) is 1.67. The first-order chi connectivity index (χ1) is 4.79. The Labute approximate surface area is 62.6 Å². The fraction of sp³-hybridized carbons (Fsp3) is 0.200. The summed E-state index contributed by atoms with van der Waals surface area (Å²) in [7, 11) is 0. The molecule has 0 radical (unpaired) electrons. The lowest BCUT2D eigenvalue weighted by Gasteiger charge is -1.88. The molecule has 4 nitrogen and oxygen atoms in total. The molecule has 54 valence electrons. The highest BCUT2D eigenvalue weighted by Crippen LogP contribution is 2.05. The first-order valence-electron chi connectivity index (χ1n) is 2.72. The minimum Gasteiger partial charge on any atom is -0.370 e. The van der Waals surface area contributed by atoms with Gasteiger partial charge in [-0.05, 0) is 0 Å². The number of thiazole rings is 1. The molecule has 1 aromatic rings. The van der Waals surface area contributed by atoms with E-state index in [0.717, 1.165) is 4.88 Å². The van der Waals surface area contributed by atoms with E-state index in [1.54, 1.807) is 11.7 Å². The van der Waals surface area contributed by atoms with Crippen LogP contribution in [0.25, 0.3) is 0 Å². The Morgan fingerprint density at radius 3 is 3.00 bits per heavy atom. The molecule has 0 aliphatic rings. The molecular weight excluding hydrogens is 148 g/mol. The van der Waals surface area contributed by atoms with Crippen molar-refractivity contribution in [1.82, 2.24) is 4.98 Å². The topological polar surface area (TPSA) is 77.3 Å². The van der Waals surface area contributed by atoms with Crippen LogP contribution in [0.5, 0.6) is 0 Å². The monoisotopic (exact) mass is 156 g/mol. The summed E-state index contributed by atoms with van der Waals surface area (Å²) < 4.78 is 0. The first kappa shape index (κ1) is 7.01. The van der Waals surface area contributed by atoms with E-state index in [9.17, 15) is 0 Å². The molecule has 0 saturated carbocycles. The molecule has 1 heterocycles. The van der Waals surface area contributed by atoms with Crippen LogP contribution in [0.4, 0.5) is 0 Å². The van der Waals surface area contributed by atoms with Gasteiger partial charge in [0.2, 0.25) is 0 Å². The number of nitrogens with two attached hydrogens (primary N) is 2. The molecule has 0 aromatic carbocycles. The largest absolute Gasteiger partial charge is 0.370 e. The highest BCUT2D eigenvalue weighted by Gasteiger charge is 1.90. The van der Waals surface area contributed by atoms with E-state index < -0.39 is 0 Å². The number of aliphatic imine (C=N–C) groups is 1. The quantitative estimate of drug-likeness (QED) is 0.464. The van der Waals surface area contributed by atoms with Gasteiger partial charge in [-0.1, -0.05) is 0 Å². The maximum Gasteiger partial charge on any atom is 0.186 e. The lowest BCUT2D eigenvalue weighted by Crippen LogP contribution is -2.22. The van der Waals surface area contributed by atoms with Crippen molar-refractivity contribution in [2.45, 2.75) is 6.54 Å². The predicted octanol–water partition coefficient (Wildman–Crippen LogP) is -0.0835. The molecule has 0 spiro atoms. The summed E-state index contributed by atoms with van der Waals surface area (Å²) in [5.74, 6) is 0.119. The SMILES string of the molecule is NC(N)=NCc1cncs1. The van der Waals surface area contributed by atoms with Crippen LogP contribution in [-0.4, -0.2) is 10.9 Å². The van der Waals surface area contributed by atoms with Gasteiger partial charge in [0.1, 0.15) is 0 Å². The minimum atomic E-state index is 0.119. The Kier molecular flexibility index (Phi) is 2.22. The summed E-state index contributed by atoms with van der Waals surface area (Å²) in [4.78, 5) is 8.74. The van der Waals surface area contributed by atoms with Crippen LogP contribution in [0.2, 0.25) is 0 Å². The van der Waals surface area contributed by atoms with Crippen molar-refractivity contribution < 1.29 is 0 Å². The van der Waals surface area contributed by atoms with E-state index in [0.29, 0.717) is 6.54 Å². The predicted molar refractivity (Wildman–Crippen MR) is 41.6 cm³/mol. The van der Waals surface area contributed by atoms with Crippen molar-refractivity contribution >= 4 is 17.3 Å². The Morgan fingerprint density at radius 2 is 2.50 bits per heavy atom. The molecule has 1 rings (SSSR count). The fourth-order valence-electron chi connectivity index (χ4n) is 0.489. The molecule has 0 aliphatic heterocycles. The third kappa shape index (κ3) is 2.02. The maximum atomic E-state index is 5.12. The van der Waals surface area contributed by atoms with Crippen LogP contribution in [0.15, 0.2) is 16.7 Å². The zero-order valence-electron chi connectivity index (χ0n) is 5.32. The summed E-state index contributed by atoms with van der Waals surface area (Å²) in [5, 5.41) is 0. The second-order valence-corrected chi connectivity index (χ2v) is 2.68. The lowest BCUT2D eigenvalue weighted by molar-refractivity contribution is 1.08. The van der Waals surface area contributed by atoms with Gasteiger partial charge in [0.15, 0.2) is 5.96 Å². The Morgan fingerprint density at radius 1 is 1.70 bits per heavy atom. The molecule has 0 saturated heterocycles. The van der Waals surface area contributed by atoms with Crippen molar-refractivity contribution in [2.75, 3.05) is 0 Å². The van der Waals surface area contributed by atoms with Gasteiger partial charge >= 0.3 is 0 Å². The van der Waals surface area contributed by atoms with Gasteiger partial charge < -0.3 is 11.5 Å². The second kappa shape index (κ2) is 3.17. The average Bonchev–Trinajstić information content (AvgIpc) is 2.34. The second-order valence-electron chi connectivity index (χ2n) is 1.71. The summed E-state index contributed by atoms with van der Waals surface area (Å²) >= 11 is 1.54. The maximum absolute atomic E-state index is 5.12. The molecule has 0 aliphatic carbocycles. The molecule has 0 bridgehead atoms. The van der Waals surface area contributed by atoms with Crippen LogP contribution < -0.4 is 11.5 Å². The van der Waals surface area contributed by atoms with Gasteiger partial charge in [0.25, 0.3) is 0 Å². The van der Waals surface area contributed by atoms with E-state index >= 15 is 0 Å². The van der Waals surface area contributed by atoms with Crippen LogP contribution in [0, 0.1) is 0 Å².